The second kappa shape index (κ2) is 9.50. The van der Waals surface area contributed by atoms with Crippen molar-refractivity contribution in [2.24, 2.45) is 0 Å². The SMILES string of the molecule is CC.CC(=O)N1C[C@H]1CN(C)Cc1ccc(OC2Nc3ccc(C)nc3S2)cc1. The van der Waals surface area contributed by atoms with Gasteiger partial charge in [-0.15, -0.1) is 0 Å². The van der Waals surface area contributed by atoms with Crippen molar-refractivity contribution in [2.45, 2.75) is 50.9 Å². The van der Waals surface area contributed by atoms with Gasteiger partial charge >= 0.3 is 0 Å². The van der Waals surface area contributed by atoms with Crippen LogP contribution >= 0.6 is 11.8 Å². The number of pyridine rings is 1. The van der Waals surface area contributed by atoms with Crippen LogP contribution in [0.4, 0.5) is 5.69 Å². The molecule has 3 heterocycles. The summed E-state index contributed by atoms with van der Waals surface area (Å²) in [5, 5.41) is 4.32. The number of ether oxygens (including phenoxy) is 1. The molecule has 0 saturated carbocycles. The number of aromatic nitrogens is 1. The minimum atomic E-state index is -0.157. The largest absolute Gasteiger partial charge is 0.461 e. The number of hydrogen-bond acceptors (Lipinski definition) is 6. The fraction of sp³-hybridized carbons (Fsp3) is 0.455. The van der Waals surface area contributed by atoms with E-state index < -0.39 is 0 Å². The van der Waals surface area contributed by atoms with Gasteiger partial charge in [-0.05, 0) is 55.6 Å². The van der Waals surface area contributed by atoms with Crippen molar-refractivity contribution in [1.82, 2.24) is 14.8 Å². The topological polar surface area (TPSA) is 57.5 Å². The Morgan fingerprint density at radius 1 is 1.28 bits per heavy atom. The lowest BCUT2D eigenvalue weighted by atomic mass is 10.2. The molecule has 1 unspecified atom stereocenters. The van der Waals surface area contributed by atoms with E-state index in [-0.39, 0.29) is 11.5 Å². The molecule has 2 atom stereocenters. The Labute approximate surface area is 177 Å². The van der Waals surface area contributed by atoms with Crippen LogP contribution in [0.1, 0.15) is 32.0 Å². The van der Waals surface area contributed by atoms with Gasteiger partial charge in [0.1, 0.15) is 10.8 Å². The number of thioether (sulfide) groups is 1. The Bertz CT molecular complexity index is 843. The van der Waals surface area contributed by atoms with Crippen LogP contribution < -0.4 is 10.1 Å². The molecule has 29 heavy (non-hydrogen) atoms. The third kappa shape index (κ3) is 5.64. The van der Waals surface area contributed by atoms with E-state index >= 15 is 0 Å². The molecule has 2 aromatic rings. The van der Waals surface area contributed by atoms with Gasteiger partial charge in [0.2, 0.25) is 11.5 Å². The van der Waals surface area contributed by atoms with E-state index in [4.69, 9.17) is 4.74 Å². The van der Waals surface area contributed by atoms with E-state index in [0.29, 0.717) is 6.04 Å². The Kier molecular flexibility index (Phi) is 7.03. The van der Waals surface area contributed by atoms with Gasteiger partial charge in [-0.1, -0.05) is 26.0 Å². The molecule has 0 aliphatic carbocycles. The number of rotatable bonds is 6. The van der Waals surface area contributed by atoms with Crippen LogP contribution in [-0.4, -0.2) is 52.4 Å². The average Bonchev–Trinajstić information content (AvgIpc) is 3.35. The van der Waals surface area contributed by atoms with Crippen LogP contribution in [-0.2, 0) is 11.3 Å². The van der Waals surface area contributed by atoms with Gasteiger partial charge < -0.3 is 19.9 Å². The summed E-state index contributed by atoms with van der Waals surface area (Å²) >= 11 is 1.59. The van der Waals surface area contributed by atoms with E-state index in [0.717, 1.165) is 41.8 Å². The first kappa shape index (κ1) is 21.5. The van der Waals surface area contributed by atoms with Crippen LogP contribution in [0.3, 0.4) is 0 Å². The lowest BCUT2D eigenvalue weighted by Gasteiger charge is -2.17. The van der Waals surface area contributed by atoms with E-state index in [1.165, 1.54) is 5.56 Å². The van der Waals surface area contributed by atoms with Crippen LogP contribution in [0.2, 0.25) is 0 Å². The fourth-order valence-electron chi connectivity index (χ4n) is 3.30. The third-order valence-electron chi connectivity index (χ3n) is 4.75. The lowest BCUT2D eigenvalue weighted by molar-refractivity contribution is -0.124. The van der Waals surface area contributed by atoms with Crippen molar-refractivity contribution >= 4 is 23.4 Å². The number of nitrogens with zero attached hydrogens (tertiary/aromatic N) is 3. The summed E-state index contributed by atoms with van der Waals surface area (Å²) in [5.41, 5.74) is 3.10. The maximum absolute atomic E-state index is 11.3. The number of nitrogens with one attached hydrogen (secondary N) is 1. The molecule has 1 aromatic heterocycles. The number of likely N-dealkylation sites (N-methyl/N-ethyl adjacent to an activating group) is 1. The van der Waals surface area contributed by atoms with Crippen molar-refractivity contribution < 1.29 is 9.53 Å². The van der Waals surface area contributed by atoms with E-state index in [1.54, 1.807) is 18.7 Å². The van der Waals surface area contributed by atoms with Crippen molar-refractivity contribution in [3.63, 3.8) is 0 Å². The molecule has 1 aromatic carbocycles. The number of carbonyl (C=O) groups excluding carboxylic acids is 1. The summed E-state index contributed by atoms with van der Waals surface area (Å²) in [5.74, 6) is 1.00. The molecule has 2 aliphatic rings. The Hall–Kier alpha value is -2.25. The maximum atomic E-state index is 11.3. The van der Waals surface area contributed by atoms with Gasteiger partial charge in [-0.3, -0.25) is 4.79 Å². The first-order valence-corrected chi connectivity index (χ1v) is 11.0. The molecular formula is C22H30N4O2S. The number of hydrogen-bond donors (Lipinski definition) is 1. The molecule has 0 radical (unpaired) electrons. The summed E-state index contributed by atoms with van der Waals surface area (Å²) in [7, 11) is 2.09. The second-order valence-corrected chi connectivity index (χ2v) is 8.23. The Morgan fingerprint density at radius 3 is 2.66 bits per heavy atom. The van der Waals surface area contributed by atoms with E-state index in [2.05, 4.69) is 34.4 Å². The molecule has 7 heteroatoms. The zero-order valence-electron chi connectivity index (χ0n) is 17.8. The molecule has 2 aliphatic heterocycles. The molecule has 1 N–H and O–H groups in total. The summed E-state index contributed by atoms with van der Waals surface area (Å²) in [6, 6.07) is 12.6. The average molecular weight is 415 g/mol. The predicted molar refractivity (Wildman–Crippen MR) is 118 cm³/mol. The van der Waals surface area contributed by atoms with Crippen LogP contribution in [0, 0.1) is 6.92 Å². The van der Waals surface area contributed by atoms with E-state index in [1.807, 2.05) is 49.9 Å². The molecule has 1 amide bonds. The summed E-state index contributed by atoms with van der Waals surface area (Å²) in [6.07, 6.45) is 0. The van der Waals surface area contributed by atoms with Crippen molar-refractivity contribution in [3.8, 4) is 5.75 Å². The summed E-state index contributed by atoms with van der Waals surface area (Å²) in [4.78, 5) is 20.0. The molecule has 0 spiro atoms. The summed E-state index contributed by atoms with van der Waals surface area (Å²) in [6.45, 7) is 10.3. The highest BCUT2D eigenvalue weighted by Crippen LogP contribution is 2.37. The highest BCUT2D eigenvalue weighted by Gasteiger charge is 2.36. The first-order chi connectivity index (χ1) is 14.0. The van der Waals surface area contributed by atoms with Gasteiger partial charge in [0.25, 0.3) is 0 Å². The normalized spacial score (nSPS) is 19.2. The smallest absolute Gasteiger partial charge is 0.224 e. The van der Waals surface area contributed by atoms with Gasteiger partial charge in [-0.2, -0.15) is 0 Å². The molecule has 1 saturated heterocycles. The molecule has 4 rings (SSSR count). The van der Waals surface area contributed by atoms with E-state index in [9.17, 15) is 4.79 Å². The lowest BCUT2D eigenvalue weighted by Crippen LogP contribution is -2.25. The molecule has 0 bridgehead atoms. The summed E-state index contributed by atoms with van der Waals surface area (Å²) < 4.78 is 6.03. The van der Waals surface area contributed by atoms with Gasteiger partial charge in [-0.25, -0.2) is 4.98 Å². The molecular weight excluding hydrogens is 384 g/mol. The maximum Gasteiger partial charge on any atom is 0.224 e. The zero-order chi connectivity index (χ0) is 21.0. The molecule has 1 fully saturated rings. The highest BCUT2D eigenvalue weighted by atomic mass is 32.2. The molecule has 6 nitrogen and oxygen atoms in total. The first-order valence-electron chi connectivity index (χ1n) is 10.1. The van der Waals surface area contributed by atoms with Gasteiger partial charge in [0.05, 0.1) is 11.7 Å². The monoisotopic (exact) mass is 414 g/mol. The van der Waals surface area contributed by atoms with Crippen molar-refractivity contribution in [1.29, 1.82) is 0 Å². The van der Waals surface area contributed by atoms with Gasteiger partial charge in [0, 0.05) is 32.3 Å². The van der Waals surface area contributed by atoms with Crippen molar-refractivity contribution in [3.05, 3.63) is 47.7 Å². The standard InChI is InChI=1S/C20H24N4O2S.C2H6/c1-13-4-9-18-19(21-13)27-20(22-18)26-17-7-5-15(6-8-17)10-23(3)11-16-12-24(16)14(2)25;1-2/h4-9,16,20,22H,10-12H2,1-3H3;1-2H3/t16-,20?,24?;/m1./s1. The number of anilines is 1. The number of fused-ring (bicyclic) bond motifs is 1. The Morgan fingerprint density at radius 2 is 2.00 bits per heavy atom. The van der Waals surface area contributed by atoms with Crippen LogP contribution in [0.5, 0.6) is 5.75 Å². The highest BCUT2D eigenvalue weighted by molar-refractivity contribution is 8.00. The van der Waals surface area contributed by atoms with Crippen LogP contribution in [0.15, 0.2) is 41.4 Å². The zero-order valence-corrected chi connectivity index (χ0v) is 18.6. The third-order valence-corrected chi connectivity index (χ3v) is 5.71. The number of carbonyl (C=O) groups is 1. The quantitative estimate of drug-likeness (QED) is 0.722. The number of benzene rings is 1. The van der Waals surface area contributed by atoms with Crippen molar-refractivity contribution in [2.75, 3.05) is 25.5 Å². The Balaban J connectivity index is 0.00000117. The van der Waals surface area contributed by atoms with Gasteiger partial charge in [0.15, 0.2) is 0 Å². The second-order valence-electron chi connectivity index (χ2n) is 7.18. The fourth-order valence-corrected chi connectivity index (χ4v) is 4.30. The minimum absolute atomic E-state index is 0.157. The predicted octanol–water partition coefficient (Wildman–Crippen LogP) is 3.96. The number of aryl methyl sites for hydroxylation is 1. The number of amides is 1. The van der Waals surface area contributed by atoms with Crippen LogP contribution in [0.25, 0.3) is 0 Å². The minimum Gasteiger partial charge on any atom is -0.461 e. The molecule has 156 valence electrons.